The quantitative estimate of drug-likeness (QED) is 0.662. The molecule has 8 heteroatoms. The van der Waals surface area contributed by atoms with E-state index in [1.54, 1.807) is 12.0 Å². The zero-order valence-electron chi connectivity index (χ0n) is 18.9. The van der Waals surface area contributed by atoms with Gasteiger partial charge in [0.05, 0.1) is 19.3 Å². The van der Waals surface area contributed by atoms with Crippen LogP contribution in [0.1, 0.15) is 26.2 Å². The van der Waals surface area contributed by atoms with Gasteiger partial charge in [-0.2, -0.15) is 0 Å². The molecule has 1 saturated carbocycles. The van der Waals surface area contributed by atoms with Crippen LogP contribution in [0.3, 0.4) is 0 Å². The van der Waals surface area contributed by atoms with E-state index >= 15 is 0 Å². The smallest absolute Gasteiger partial charge is 0.242 e. The van der Waals surface area contributed by atoms with Crippen molar-refractivity contribution in [2.75, 3.05) is 51.3 Å². The first-order valence-electron chi connectivity index (χ1n) is 11.4. The van der Waals surface area contributed by atoms with Gasteiger partial charge in [-0.15, -0.1) is 10.2 Å². The van der Waals surface area contributed by atoms with Gasteiger partial charge in [-0.1, -0.05) is 12.1 Å². The zero-order chi connectivity index (χ0) is 22.5. The molecule has 0 unspecified atom stereocenters. The summed E-state index contributed by atoms with van der Waals surface area (Å²) in [7, 11) is 1.64. The van der Waals surface area contributed by atoms with Crippen molar-refractivity contribution in [3.05, 3.63) is 36.4 Å². The first-order valence-corrected chi connectivity index (χ1v) is 11.4. The Morgan fingerprint density at radius 2 is 1.94 bits per heavy atom. The number of nitrogens with zero attached hydrogens (tertiary/aromatic N) is 5. The van der Waals surface area contributed by atoms with Crippen molar-refractivity contribution in [3.8, 4) is 17.0 Å². The summed E-state index contributed by atoms with van der Waals surface area (Å²) in [6.45, 7) is 5.52. The average molecular weight is 438 g/mol. The topological polar surface area (TPSA) is 78.9 Å². The zero-order valence-corrected chi connectivity index (χ0v) is 18.9. The van der Waals surface area contributed by atoms with Gasteiger partial charge in [0.1, 0.15) is 5.75 Å². The molecule has 32 heavy (non-hydrogen) atoms. The van der Waals surface area contributed by atoms with E-state index in [2.05, 4.69) is 15.1 Å². The van der Waals surface area contributed by atoms with E-state index < -0.39 is 0 Å². The summed E-state index contributed by atoms with van der Waals surface area (Å²) in [5, 5.41) is 8.84. The summed E-state index contributed by atoms with van der Waals surface area (Å²) >= 11 is 0. The van der Waals surface area contributed by atoms with E-state index in [0.717, 1.165) is 48.6 Å². The van der Waals surface area contributed by atoms with Gasteiger partial charge < -0.3 is 19.4 Å². The molecular weight excluding hydrogens is 406 g/mol. The Kier molecular flexibility index (Phi) is 6.87. The minimum Gasteiger partial charge on any atom is -0.497 e. The van der Waals surface area contributed by atoms with Crippen LogP contribution in [-0.4, -0.2) is 78.2 Å². The van der Waals surface area contributed by atoms with Crippen molar-refractivity contribution >= 4 is 17.6 Å². The minimum atomic E-state index is 0.0298. The molecule has 2 heterocycles. The number of likely N-dealkylation sites (N-methyl/N-ethyl adjacent to an activating group) is 1. The Morgan fingerprint density at radius 3 is 2.62 bits per heavy atom. The molecule has 0 radical (unpaired) electrons. The summed E-state index contributed by atoms with van der Waals surface area (Å²) < 4.78 is 5.29. The second-order valence-corrected chi connectivity index (χ2v) is 8.36. The predicted octanol–water partition coefficient (Wildman–Crippen LogP) is 2.45. The van der Waals surface area contributed by atoms with Crippen LogP contribution in [0.4, 0.5) is 5.82 Å². The van der Waals surface area contributed by atoms with Gasteiger partial charge in [0, 0.05) is 44.2 Å². The van der Waals surface area contributed by atoms with E-state index in [1.165, 1.54) is 0 Å². The van der Waals surface area contributed by atoms with Crippen LogP contribution in [0.2, 0.25) is 0 Å². The van der Waals surface area contributed by atoms with Crippen molar-refractivity contribution < 1.29 is 14.3 Å². The number of rotatable bonds is 7. The Labute approximate surface area is 189 Å². The number of aromatic nitrogens is 2. The van der Waals surface area contributed by atoms with Gasteiger partial charge >= 0.3 is 0 Å². The fourth-order valence-electron chi connectivity index (χ4n) is 4.02. The third-order valence-corrected chi connectivity index (χ3v) is 6.13. The van der Waals surface area contributed by atoms with Crippen LogP contribution >= 0.6 is 0 Å². The van der Waals surface area contributed by atoms with E-state index in [9.17, 15) is 9.59 Å². The molecular formula is C24H31N5O3. The molecule has 1 aliphatic heterocycles. The van der Waals surface area contributed by atoms with Gasteiger partial charge in [-0.3, -0.25) is 9.59 Å². The standard InChI is InChI=1S/C24H31N5O3/c1-3-27(24(31)18-8-9-18)17-23(30)29-13-5-12-28(14-15-29)22-11-10-21(25-26-22)19-6-4-7-20(16-19)32-2/h4,6-7,10-11,16,18H,3,5,8-9,12-15,17H2,1-2H3. The number of carbonyl (C=O) groups is 2. The molecule has 1 saturated heterocycles. The van der Waals surface area contributed by atoms with Crippen LogP contribution in [0, 0.1) is 5.92 Å². The Morgan fingerprint density at radius 1 is 1.09 bits per heavy atom. The van der Waals surface area contributed by atoms with Crippen LogP contribution in [0.25, 0.3) is 11.3 Å². The van der Waals surface area contributed by atoms with E-state index in [1.807, 2.05) is 48.2 Å². The van der Waals surface area contributed by atoms with Crippen LogP contribution in [0.15, 0.2) is 36.4 Å². The van der Waals surface area contributed by atoms with Gasteiger partial charge in [0.25, 0.3) is 0 Å². The Hall–Kier alpha value is -3.16. The summed E-state index contributed by atoms with van der Waals surface area (Å²) in [4.78, 5) is 30.9. The highest BCUT2D eigenvalue weighted by molar-refractivity contribution is 5.87. The first-order chi connectivity index (χ1) is 15.6. The molecule has 0 N–H and O–H groups in total. The third-order valence-electron chi connectivity index (χ3n) is 6.13. The van der Waals surface area contributed by atoms with Crippen molar-refractivity contribution in [3.63, 3.8) is 0 Å². The monoisotopic (exact) mass is 437 g/mol. The second-order valence-electron chi connectivity index (χ2n) is 8.36. The molecule has 1 aromatic heterocycles. The molecule has 0 spiro atoms. The summed E-state index contributed by atoms with van der Waals surface area (Å²) in [5.41, 5.74) is 1.75. The Balaban J connectivity index is 1.35. The minimum absolute atomic E-state index is 0.0298. The van der Waals surface area contributed by atoms with Gasteiger partial charge in [-0.25, -0.2) is 0 Å². The Bertz CT molecular complexity index is 945. The van der Waals surface area contributed by atoms with E-state index in [-0.39, 0.29) is 24.3 Å². The maximum Gasteiger partial charge on any atom is 0.242 e. The third kappa shape index (κ3) is 5.18. The molecule has 0 bridgehead atoms. The van der Waals surface area contributed by atoms with Crippen LogP contribution in [-0.2, 0) is 9.59 Å². The largest absolute Gasteiger partial charge is 0.497 e. The van der Waals surface area contributed by atoms with Crippen molar-refractivity contribution in [1.29, 1.82) is 0 Å². The normalized spacial score (nSPS) is 16.4. The fraction of sp³-hybridized carbons (Fsp3) is 0.500. The maximum absolute atomic E-state index is 12.8. The lowest BCUT2D eigenvalue weighted by atomic mass is 10.1. The van der Waals surface area contributed by atoms with Gasteiger partial charge in [0.15, 0.2) is 5.82 Å². The summed E-state index contributed by atoms with van der Waals surface area (Å²) in [6, 6.07) is 11.7. The lowest BCUT2D eigenvalue weighted by Crippen LogP contribution is -2.44. The molecule has 170 valence electrons. The molecule has 0 atom stereocenters. The highest BCUT2D eigenvalue weighted by atomic mass is 16.5. The van der Waals surface area contributed by atoms with Crippen LogP contribution < -0.4 is 9.64 Å². The van der Waals surface area contributed by atoms with Gasteiger partial charge in [-0.05, 0) is 50.5 Å². The summed E-state index contributed by atoms with van der Waals surface area (Å²) in [6.07, 6.45) is 2.77. The highest BCUT2D eigenvalue weighted by Crippen LogP contribution is 2.31. The molecule has 2 aromatic rings. The highest BCUT2D eigenvalue weighted by Gasteiger charge is 2.34. The number of carbonyl (C=O) groups excluding carboxylic acids is 2. The number of amides is 2. The molecule has 2 aliphatic rings. The SMILES string of the molecule is CCN(CC(=O)N1CCCN(c2ccc(-c3cccc(OC)c3)nn2)CC1)C(=O)C1CC1. The van der Waals surface area contributed by atoms with Crippen molar-refractivity contribution in [2.45, 2.75) is 26.2 Å². The lowest BCUT2D eigenvalue weighted by Gasteiger charge is -2.26. The lowest BCUT2D eigenvalue weighted by molar-refractivity contribution is -0.141. The predicted molar refractivity (Wildman–Crippen MR) is 122 cm³/mol. The van der Waals surface area contributed by atoms with Crippen LogP contribution in [0.5, 0.6) is 5.75 Å². The van der Waals surface area contributed by atoms with Crippen molar-refractivity contribution in [2.24, 2.45) is 5.92 Å². The first kappa shape index (κ1) is 22.0. The van der Waals surface area contributed by atoms with Crippen molar-refractivity contribution in [1.82, 2.24) is 20.0 Å². The number of anilines is 1. The molecule has 1 aromatic carbocycles. The molecule has 1 aliphatic carbocycles. The number of hydrogen-bond acceptors (Lipinski definition) is 6. The number of methoxy groups -OCH3 is 1. The number of benzene rings is 1. The van der Waals surface area contributed by atoms with E-state index in [0.29, 0.717) is 26.2 Å². The average Bonchev–Trinajstić information content (AvgIpc) is 3.69. The fourth-order valence-corrected chi connectivity index (χ4v) is 4.02. The second kappa shape index (κ2) is 9.97. The maximum atomic E-state index is 12.8. The number of hydrogen-bond donors (Lipinski definition) is 0. The molecule has 2 fully saturated rings. The molecule has 4 rings (SSSR count). The summed E-state index contributed by atoms with van der Waals surface area (Å²) in [5.74, 6) is 1.89. The molecule has 2 amide bonds. The van der Waals surface area contributed by atoms with Gasteiger partial charge in [0.2, 0.25) is 11.8 Å². The number of ether oxygens (including phenoxy) is 1. The van der Waals surface area contributed by atoms with E-state index in [4.69, 9.17) is 4.74 Å². The molecule has 8 nitrogen and oxygen atoms in total.